The van der Waals surface area contributed by atoms with Crippen LogP contribution in [0, 0.1) is 24.2 Å². The first-order valence-electron chi connectivity index (χ1n) is 5.27. The monoisotopic (exact) mass is 233 g/mol. The van der Waals surface area contributed by atoms with Gasteiger partial charge in [0.15, 0.2) is 0 Å². The molecule has 0 aliphatic rings. The van der Waals surface area contributed by atoms with E-state index in [1.54, 1.807) is 31.1 Å². The van der Waals surface area contributed by atoms with Crippen LogP contribution in [-0.4, -0.2) is 29.7 Å². The number of aliphatic carboxylic acids is 1. The van der Waals surface area contributed by atoms with Gasteiger partial charge in [0.05, 0.1) is 11.5 Å². The van der Waals surface area contributed by atoms with Gasteiger partial charge in [0.1, 0.15) is 11.9 Å². The van der Waals surface area contributed by atoms with Gasteiger partial charge < -0.3 is 10.0 Å². The summed E-state index contributed by atoms with van der Waals surface area (Å²) in [5, 5.41) is 17.9. The van der Waals surface area contributed by atoms with Crippen LogP contribution in [0.4, 0.5) is 5.82 Å². The average molecular weight is 233 g/mol. The first kappa shape index (κ1) is 13.0. The second-order valence-corrected chi connectivity index (χ2v) is 4.06. The minimum absolute atomic E-state index is 0.320. The number of carbonyl (C=O) groups is 1. The zero-order chi connectivity index (χ0) is 13.0. The third-order valence-electron chi connectivity index (χ3n) is 2.58. The molecule has 0 radical (unpaired) electrons. The summed E-state index contributed by atoms with van der Waals surface area (Å²) in [7, 11) is 1.74. The predicted octanol–water partition coefficient (Wildman–Crippen LogP) is 1.42. The molecule has 0 aliphatic carbocycles. The van der Waals surface area contributed by atoms with E-state index in [2.05, 4.69) is 11.1 Å². The molecule has 1 aromatic rings. The van der Waals surface area contributed by atoms with Crippen LogP contribution in [0.3, 0.4) is 0 Å². The van der Waals surface area contributed by atoms with Crippen LogP contribution in [-0.2, 0) is 4.79 Å². The molecular weight excluding hydrogens is 218 g/mol. The number of nitrogens with zero attached hydrogens (tertiary/aromatic N) is 3. The molecule has 90 valence electrons. The summed E-state index contributed by atoms with van der Waals surface area (Å²) < 4.78 is 0. The highest BCUT2D eigenvalue weighted by Crippen LogP contribution is 2.19. The van der Waals surface area contributed by atoms with Crippen molar-refractivity contribution in [2.24, 2.45) is 5.92 Å². The normalized spacial score (nSPS) is 11.6. The van der Waals surface area contributed by atoms with Crippen LogP contribution < -0.4 is 4.90 Å². The van der Waals surface area contributed by atoms with Crippen molar-refractivity contribution >= 4 is 11.8 Å². The third kappa shape index (κ3) is 2.94. The highest BCUT2D eigenvalue weighted by Gasteiger charge is 2.17. The fourth-order valence-electron chi connectivity index (χ4n) is 1.55. The van der Waals surface area contributed by atoms with Gasteiger partial charge in [-0.05, 0) is 18.6 Å². The Morgan fingerprint density at radius 3 is 2.88 bits per heavy atom. The van der Waals surface area contributed by atoms with Gasteiger partial charge in [0.2, 0.25) is 0 Å². The molecule has 0 fully saturated rings. The van der Waals surface area contributed by atoms with E-state index in [1.165, 1.54) is 0 Å². The number of nitriles is 1. The molecule has 1 aromatic heterocycles. The number of anilines is 1. The van der Waals surface area contributed by atoms with Crippen molar-refractivity contribution in [3.8, 4) is 6.07 Å². The van der Waals surface area contributed by atoms with E-state index in [0.29, 0.717) is 17.9 Å². The maximum Gasteiger partial charge on any atom is 0.308 e. The number of pyridine rings is 1. The Bertz CT molecular complexity index is 465. The molecule has 17 heavy (non-hydrogen) atoms. The zero-order valence-electron chi connectivity index (χ0n) is 10.1. The summed E-state index contributed by atoms with van der Waals surface area (Å²) in [6.07, 6.45) is 1.62. The molecule has 0 spiro atoms. The second-order valence-electron chi connectivity index (χ2n) is 4.06. The Balaban J connectivity index is 2.97. The van der Waals surface area contributed by atoms with Crippen LogP contribution in [0.2, 0.25) is 0 Å². The molecule has 5 nitrogen and oxygen atoms in total. The van der Waals surface area contributed by atoms with Gasteiger partial charge in [0, 0.05) is 19.8 Å². The largest absolute Gasteiger partial charge is 0.481 e. The van der Waals surface area contributed by atoms with E-state index < -0.39 is 11.9 Å². The SMILES string of the molecule is Cc1ccnc(N(C)CC(C)C(=O)O)c1C#N. The first-order valence-corrected chi connectivity index (χ1v) is 5.27. The zero-order valence-corrected chi connectivity index (χ0v) is 10.1. The van der Waals surface area contributed by atoms with E-state index >= 15 is 0 Å². The fraction of sp³-hybridized carbons (Fsp3) is 0.417. The molecule has 0 bridgehead atoms. The van der Waals surface area contributed by atoms with E-state index in [4.69, 9.17) is 10.4 Å². The minimum atomic E-state index is -0.858. The van der Waals surface area contributed by atoms with Crippen molar-refractivity contribution < 1.29 is 9.90 Å². The van der Waals surface area contributed by atoms with E-state index in [9.17, 15) is 4.79 Å². The van der Waals surface area contributed by atoms with E-state index in [-0.39, 0.29) is 0 Å². The second kappa shape index (κ2) is 5.30. The maximum atomic E-state index is 10.8. The minimum Gasteiger partial charge on any atom is -0.481 e. The number of hydrogen-bond donors (Lipinski definition) is 1. The molecule has 1 atom stereocenters. The number of carboxylic acids is 1. The highest BCUT2D eigenvalue weighted by atomic mass is 16.4. The number of rotatable bonds is 4. The van der Waals surface area contributed by atoms with Crippen LogP contribution in [0.5, 0.6) is 0 Å². The van der Waals surface area contributed by atoms with Crippen LogP contribution in [0.1, 0.15) is 18.1 Å². The molecule has 1 rings (SSSR count). The Hall–Kier alpha value is -2.09. The lowest BCUT2D eigenvalue weighted by Crippen LogP contribution is -2.29. The lowest BCUT2D eigenvalue weighted by Gasteiger charge is -2.21. The van der Waals surface area contributed by atoms with Gasteiger partial charge in [-0.3, -0.25) is 4.79 Å². The molecule has 1 unspecified atom stereocenters. The maximum absolute atomic E-state index is 10.8. The summed E-state index contributed by atoms with van der Waals surface area (Å²) in [6.45, 7) is 3.78. The molecule has 0 amide bonds. The van der Waals surface area contributed by atoms with Gasteiger partial charge in [-0.15, -0.1) is 0 Å². The van der Waals surface area contributed by atoms with Crippen molar-refractivity contribution in [1.29, 1.82) is 5.26 Å². The summed E-state index contributed by atoms with van der Waals surface area (Å²) in [6, 6.07) is 3.86. The van der Waals surface area contributed by atoms with Crippen molar-refractivity contribution in [2.75, 3.05) is 18.5 Å². The molecule has 5 heteroatoms. The number of hydrogen-bond acceptors (Lipinski definition) is 4. The smallest absolute Gasteiger partial charge is 0.308 e. The van der Waals surface area contributed by atoms with E-state index in [1.807, 2.05) is 6.92 Å². The quantitative estimate of drug-likeness (QED) is 0.851. The Kier molecular flexibility index (Phi) is 4.05. The van der Waals surface area contributed by atoms with Crippen molar-refractivity contribution in [2.45, 2.75) is 13.8 Å². The number of carboxylic acid groups (broad SMARTS) is 1. The van der Waals surface area contributed by atoms with Crippen LogP contribution >= 0.6 is 0 Å². The molecule has 0 aliphatic heterocycles. The van der Waals surface area contributed by atoms with Crippen molar-refractivity contribution in [3.63, 3.8) is 0 Å². The Morgan fingerprint density at radius 2 is 2.35 bits per heavy atom. The summed E-state index contributed by atoms with van der Waals surface area (Å²) in [5.74, 6) is -0.836. The van der Waals surface area contributed by atoms with Crippen LogP contribution in [0.25, 0.3) is 0 Å². The standard InChI is InChI=1S/C12H15N3O2/c1-8-4-5-14-11(10(8)6-13)15(3)7-9(2)12(16)17/h4-5,9H,7H2,1-3H3,(H,16,17). The van der Waals surface area contributed by atoms with Crippen molar-refractivity contribution in [1.82, 2.24) is 4.98 Å². The molecule has 0 saturated heterocycles. The molecule has 1 N–H and O–H groups in total. The number of aromatic nitrogens is 1. The topological polar surface area (TPSA) is 77.2 Å². The Labute approximate surface area is 100 Å². The molecule has 0 saturated carbocycles. The van der Waals surface area contributed by atoms with Gasteiger partial charge in [-0.25, -0.2) is 4.98 Å². The average Bonchev–Trinajstić information content (AvgIpc) is 2.28. The van der Waals surface area contributed by atoms with Gasteiger partial charge in [0.25, 0.3) is 0 Å². The lowest BCUT2D eigenvalue weighted by molar-refractivity contribution is -0.140. The molecular formula is C12H15N3O2. The Morgan fingerprint density at radius 1 is 1.71 bits per heavy atom. The molecule has 0 aromatic carbocycles. The van der Waals surface area contributed by atoms with E-state index in [0.717, 1.165) is 5.56 Å². The van der Waals surface area contributed by atoms with Crippen molar-refractivity contribution in [3.05, 3.63) is 23.4 Å². The lowest BCUT2D eigenvalue weighted by atomic mass is 10.1. The predicted molar refractivity (Wildman–Crippen MR) is 63.8 cm³/mol. The third-order valence-corrected chi connectivity index (χ3v) is 2.58. The summed E-state index contributed by atoms with van der Waals surface area (Å²) in [4.78, 5) is 16.6. The van der Waals surface area contributed by atoms with Crippen LogP contribution in [0.15, 0.2) is 12.3 Å². The summed E-state index contributed by atoms with van der Waals surface area (Å²) >= 11 is 0. The van der Waals surface area contributed by atoms with Gasteiger partial charge in [-0.2, -0.15) is 5.26 Å². The summed E-state index contributed by atoms with van der Waals surface area (Å²) in [5.41, 5.74) is 1.33. The molecule has 1 heterocycles. The first-order chi connectivity index (χ1) is 7.97. The fourth-order valence-corrected chi connectivity index (χ4v) is 1.55. The van der Waals surface area contributed by atoms with Gasteiger partial charge in [-0.1, -0.05) is 6.92 Å². The van der Waals surface area contributed by atoms with Gasteiger partial charge >= 0.3 is 5.97 Å². The highest BCUT2D eigenvalue weighted by molar-refractivity contribution is 5.70. The number of aryl methyl sites for hydroxylation is 1.